The number of esters is 5. The number of unbranched alkanes of at least 4 members (excludes halogenated alkanes) is 2. The van der Waals surface area contributed by atoms with Gasteiger partial charge in [-0.3, -0.25) is 62.9 Å². The number of aromatic nitrogens is 4. The van der Waals surface area contributed by atoms with Crippen molar-refractivity contribution in [2.45, 2.75) is 263 Å². The van der Waals surface area contributed by atoms with E-state index in [1.807, 2.05) is 38.1 Å². The van der Waals surface area contributed by atoms with Gasteiger partial charge in [0.2, 0.25) is 5.91 Å². The molecule has 8 bridgehead atoms. The Bertz CT molecular complexity index is 3980. The Kier molecular flexibility index (Phi) is 28.1. The van der Waals surface area contributed by atoms with Crippen molar-refractivity contribution in [3.8, 4) is 0 Å². The van der Waals surface area contributed by atoms with Crippen LogP contribution in [0.2, 0.25) is 0 Å². The second-order valence-electron chi connectivity index (χ2n) is 33.3. The zero-order chi connectivity index (χ0) is 78.0. The van der Waals surface area contributed by atoms with E-state index < -0.39 is 75.7 Å². The molecule has 23 nitrogen and oxygen atoms in total. The molecule has 4 aromatic rings. The number of ether oxygens (including phenoxy) is 6. The Morgan fingerprint density at radius 1 is 0.600 bits per heavy atom. The minimum Gasteiger partial charge on any atom is -0.459 e. The number of carbonyl (C=O) groups excluding carboxylic acids is 8. The maximum atomic E-state index is 15.3. The highest BCUT2D eigenvalue weighted by atomic mass is 16.6. The highest BCUT2D eigenvalue weighted by Gasteiger charge is 2.42. The average molecular weight is 1450 g/mol. The van der Waals surface area contributed by atoms with E-state index in [0.717, 1.165) is 69.5 Å². The molecule has 0 aliphatic carbocycles. The van der Waals surface area contributed by atoms with Crippen LogP contribution in [0, 0.1) is 13.8 Å². The van der Waals surface area contributed by atoms with Crippen LogP contribution in [0.5, 0.6) is 0 Å². The predicted octanol–water partition coefficient (Wildman–Crippen LogP) is 14.4. The number of hydrogen-bond acceptors (Lipinski definition) is 19. The quantitative estimate of drug-likeness (QED) is 0.0183. The van der Waals surface area contributed by atoms with Gasteiger partial charge in [-0.25, -0.2) is 4.98 Å². The molecule has 7 rings (SSSR count). The Labute approximate surface area is 622 Å². The maximum absolute atomic E-state index is 15.3. The maximum Gasteiger partial charge on any atom is 0.320 e. The smallest absolute Gasteiger partial charge is 0.320 e. The van der Waals surface area contributed by atoms with Crippen molar-refractivity contribution in [1.82, 2.24) is 39.5 Å². The van der Waals surface area contributed by atoms with Crippen LogP contribution >= 0.6 is 0 Å². The summed E-state index contributed by atoms with van der Waals surface area (Å²) >= 11 is 0. The van der Waals surface area contributed by atoms with Gasteiger partial charge in [0.1, 0.15) is 28.0 Å². The lowest BCUT2D eigenvalue weighted by molar-refractivity contribution is -0.162. The lowest BCUT2D eigenvalue weighted by Gasteiger charge is -2.36. The predicted molar refractivity (Wildman–Crippen MR) is 409 cm³/mol. The number of aromatic amines is 2. The summed E-state index contributed by atoms with van der Waals surface area (Å²) < 4.78 is 35.5. The highest BCUT2D eigenvalue weighted by Crippen LogP contribution is 2.45. The zero-order valence-corrected chi connectivity index (χ0v) is 67.0. The van der Waals surface area contributed by atoms with E-state index >= 15 is 4.79 Å². The van der Waals surface area contributed by atoms with E-state index in [1.54, 1.807) is 131 Å². The fourth-order valence-corrected chi connectivity index (χ4v) is 13.6. The van der Waals surface area contributed by atoms with Crippen LogP contribution in [0.1, 0.15) is 274 Å². The van der Waals surface area contributed by atoms with Gasteiger partial charge in [-0.05, 0) is 222 Å². The van der Waals surface area contributed by atoms with Crippen molar-refractivity contribution in [3.63, 3.8) is 0 Å². The molecule has 6 heterocycles. The molecule has 2 unspecified atom stereocenters. The van der Waals surface area contributed by atoms with Gasteiger partial charge in [-0.1, -0.05) is 52.7 Å². The first-order valence-electron chi connectivity index (χ1n) is 37.5. The second-order valence-corrected chi connectivity index (χ2v) is 33.3. The number of imide groups is 1. The number of allylic oxidation sites excluding steroid dienone is 2. The first kappa shape index (κ1) is 84.1. The van der Waals surface area contributed by atoms with E-state index in [1.165, 1.54) is 4.90 Å². The molecule has 0 radical (unpaired) electrons. The second kappa shape index (κ2) is 35.1. The molecule has 1 aromatic carbocycles. The number of benzene rings is 1. The summed E-state index contributed by atoms with van der Waals surface area (Å²) in [6, 6.07) is 12.6. The van der Waals surface area contributed by atoms with Gasteiger partial charge in [0.05, 0.1) is 72.6 Å². The lowest BCUT2D eigenvalue weighted by Crippen LogP contribution is -2.52. The van der Waals surface area contributed by atoms with Crippen molar-refractivity contribution in [1.29, 1.82) is 0 Å². The molecule has 3 amide bonds. The van der Waals surface area contributed by atoms with Gasteiger partial charge in [-0.2, -0.15) is 0 Å². The van der Waals surface area contributed by atoms with Crippen molar-refractivity contribution >= 4 is 86.5 Å². The Morgan fingerprint density at radius 2 is 1.10 bits per heavy atom. The third kappa shape index (κ3) is 23.9. The fourth-order valence-electron chi connectivity index (χ4n) is 13.6. The van der Waals surface area contributed by atoms with Crippen LogP contribution in [0.15, 0.2) is 42.5 Å². The number of nitrogens with zero attached hydrogens (tertiary/aromatic N) is 6. The van der Waals surface area contributed by atoms with Gasteiger partial charge in [0.25, 0.3) is 11.8 Å². The highest BCUT2D eigenvalue weighted by molar-refractivity contribution is 6.23. The molecule has 3 aliphatic rings. The lowest BCUT2D eigenvalue weighted by atomic mass is 9.84. The average Bonchev–Trinajstić information content (AvgIpc) is 1.60. The van der Waals surface area contributed by atoms with Gasteiger partial charge >= 0.3 is 29.8 Å². The summed E-state index contributed by atoms with van der Waals surface area (Å²) in [7, 11) is 0. The molecule has 0 saturated carbocycles. The van der Waals surface area contributed by atoms with Gasteiger partial charge in [0.15, 0.2) is 0 Å². The van der Waals surface area contributed by atoms with Gasteiger partial charge in [0, 0.05) is 90.6 Å². The molecular weight excluding hydrogens is 1330 g/mol. The summed E-state index contributed by atoms with van der Waals surface area (Å²) in [5, 5.41) is 3.11. The Balaban J connectivity index is 1.28. The van der Waals surface area contributed by atoms with Gasteiger partial charge < -0.3 is 43.7 Å². The summed E-state index contributed by atoms with van der Waals surface area (Å²) in [6.45, 7) is 42.2. The molecule has 3 aromatic heterocycles. The number of amides is 3. The number of fused-ring (bicyclic) bond motifs is 8. The van der Waals surface area contributed by atoms with E-state index in [-0.39, 0.29) is 102 Å². The number of nitrogens with one attached hydrogen (secondary N) is 3. The molecular formula is C82H119N9O14. The van der Waals surface area contributed by atoms with E-state index in [4.69, 9.17) is 38.4 Å². The van der Waals surface area contributed by atoms with E-state index in [2.05, 4.69) is 62.9 Å². The van der Waals surface area contributed by atoms with E-state index in [9.17, 15) is 33.6 Å². The third-order valence-electron chi connectivity index (χ3n) is 18.3. The molecule has 0 saturated heterocycles. The fraction of sp³-hybridized carbons (Fsp3) is 0.610. The number of anilines is 1. The monoisotopic (exact) mass is 1450 g/mol. The molecule has 3 N–H and O–H groups in total. The number of hydrogen-bond donors (Lipinski definition) is 3. The zero-order valence-electron chi connectivity index (χ0n) is 67.0. The first-order valence-corrected chi connectivity index (χ1v) is 37.5. The minimum atomic E-state index is -0.889. The normalized spacial score (nSPS) is 15.7. The Morgan fingerprint density at radius 3 is 1.62 bits per heavy atom. The number of rotatable bonds is 31. The minimum absolute atomic E-state index is 0.0206. The summed E-state index contributed by atoms with van der Waals surface area (Å²) in [4.78, 5) is 138. The summed E-state index contributed by atoms with van der Waals surface area (Å²) in [6.07, 6.45) is 4.17. The van der Waals surface area contributed by atoms with Gasteiger partial charge in [-0.15, -0.1) is 0 Å². The number of carbonyl (C=O) groups is 8. The van der Waals surface area contributed by atoms with Crippen LogP contribution < -0.4 is 5.32 Å². The van der Waals surface area contributed by atoms with Crippen molar-refractivity contribution in [2.24, 2.45) is 0 Å². The molecule has 4 atom stereocenters. The molecule has 105 heavy (non-hydrogen) atoms. The summed E-state index contributed by atoms with van der Waals surface area (Å²) in [5.74, 6) is -4.85. The number of aryl methyl sites for hydroxylation is 2. The van der Waals surface area contributed by atoms with Crippen molar-refractivity contribution in [3.05, 3.63) is 98.6 Å². The first-order chi connectivity index (χ1) is 48.8. The molecule has 3 aliphatic heterocycles. The number of H-pyrrole nitrogens is 2. The van der Waals surface area contributed by atoms with Crippen molar-refractivity contribution < 1.29 is 66.8 Å². The summed E-state index contributed by atoms with van der Waals surface area (Å²) in [5.41, 5.74) is 7.92. The van der Waals surface area contributed by atoms with Crippen LogP contribution in [0.25, 0.3) is 33.2 Å². The molecule has 0 spiro atoms. The standard InChI is InChI=1S/C82H119N9O14/c1-24-27-35-91-76(98)72-52(7)62-41-63-57(26-3)49(4)59(84-63)42-64-71(53(8)100-38-28-25-2)51(6)61(85-64)40-60-50(5)58(74(86-60)73(77(91)99)75(72)87-62)33-34-65(92)83-55-31-29-54(30-32-55)39-56(90(47-69(96)104-81(18,19)20)48-70(97)105-82(21,22)23)43-88(44-66(93)101-78(9,10)11)36-37-89(45-67(94)102-79(12,13)14)46-68(95)103-80(15,16)17/h29-32,40-42,50,53,56,58,85,87H,24-28,33-39,43-48H2,1-23H3,(H,83,92)/t50-,53?,56?,58-/m0/s1. The van der Waals surface area contributed by atoms with E-state index in [0.29, 0.717) is 64.2 Å². The van der Waals surface area contributed by atoms with Crippen LogP contribution in [-0.4, -0.2) is 187 Å². The van der Waals surface area contributed by atoms with Crippen LogP contribution in [-0.2, 0) is 63.6 Å². The SMILES string of the molecule is CCCCOC(C)c1c(C)c2cc3nc(c4c5[nH]c(cc6nc(cc1[nH]2)C(C)=C6CC)c(C)c5C(=O)N(CCCC)C4=O)[C@@H](CCC(=O)Nc1ccc(CC(CN(CCN(CC(=O)OC(C)(C)C)CC(=O)OC(C)(C)C)CC(=O)OC(C)(C)C)N(CC(=O)OC(C)(C)C)CC(=O)OC(C)(C)C)cc1)[C@@H]3C. The van der Waals surface area contributed by atoms with Crippen LogP contribution in [0.4, 0.5) is 5.69 Å². The molecule has 576 valence electrons. The topological polar surface area (TPSA) is 274 Å². The Hall–Kier alpha value is -8.12. The van der Waals surface area contributed by atoms with Crippen molar-refractivity contribution in [2.75, 3.05) is 70.8 Å². The molecule has 0 fully saturated rings. The van der Waals surface area contributed by atoms with Crippen LogP contribution in [0.3, 0.4) is 0 Å². The molecule has 23 heteroatoms. The third-order valence-corrected chi connectivity index (χ3v) is 18.3. The largest absolute Gasteiger partial charge is 0.459 e.